The van der Waals surface area contributed by atoms with E-state index in [1.165, 1.54) is 76.5 Å². The van der Waals surface area contributed by atoms with E-state index in [1.807, 2.05) is 0 Å². The normalized spacial score (nSPS) is 12.2. The van der Waals surface area contributed by atoms with E-state index in [0.717, 1.165) is 13.2 Å². The number of hydrogen-bond acceptors (Lipinski definition) is 5. The Kier molecular flexibility index (Phi) is 18.6. The minimum absolute atomic E-state index is 0.994. The number of carboxylic acids is 2. The van der Waals surface area contributed by atoms with Gasteiger partial charge in [0.15, 0.2) is 5.25 Å². The molecule has 0 amide bonds. The van der Waals surface area contributed by atoms with Gasteiger partial charge in [-0.3, -0.25) is 14.1 Å². The standard InChI is InChI=1S/C11H23O.C4H6O7S.Na/c1-3-5-6-7-8-9-11-12-10-4-2;5-3(6)1-2(4(7)8)12(9,10)11;/h2-11H2,1H3;2H,1H2,(H,5,6)(H,7,8)(H,9,10,11);. The number of carbonyl (C=O) groups is 2. The first-order valence-electron chi connectivity index (χ1n) is 8.65. The third kappa shape index (κ3) is 20.0. The van der Waals surface area contributed by atoms with Crippen LogP contribution in [0.1, 0.15) is 58.3 Å². The van der Waals surface area contributed by atoms with E-state index >= 15 is 0 Å². The smallest absolute Gasteiger partial charge is 0.325 e. The van der Waals surface area contributed by atoms with Crippen molar-refractivity contribution in [2.45, 2.75) is 67.2 Å². The molecule has 0 rings (SSSR count). The first-order valence-corrected chi connectivity index (χ1v) is 11.6. The van der Waals surface area contributed by atoms with Crippen molar-refractivity contribution >= 4 is 50.0 Å². The molecule has 0 aliphatic heterocycles. The molecule has 25 heavy (non-hydrogen) atoms. The summed E-state index contributed by atoms with van der Waals surface area (Å²) in [7, 11) is -4.84. The van der Waals surface area contributed by atoms with Gasteiger partial charge in [0.1, 0.15) is 0 Å². The zero-order chi connectivity index (χ0) is 19.7. The molecule has 0 spiro atoms. The minimum atomic E-state index is -4.84. The van der Waals surface area contributed by atoms with Crippen LogP contribution in [0.25, 0.3) is 0 Å². The fraction of sp³-hybridized carbons (Fsp3) is 0.867. The van der Waals surface area contributed by atoms with E-state index in [0.29, 0.717) is 0 Å². The molecule has 0 aromatic heterocycles. The minimum Gasteiger partial charge on any atom is -0.481 e. The Morgan fingerprint density at radius 3 is 1.92 bits per heavy atom. The van der Waals surface area contributed by atoms with E-state index in [2.05, 4.69) is 6.92 Å². The molecule has 8 nitrogen and oxygen atoms in total. The van der Waals surface area contributed by atoms with Crippen LogP contribution in [0.4, 0.5) is 0 Å². The fourth-order valence-corrected chi connectivity index (χ4v) is 2.71. The number of aliphatic carboxylic acids is 2. The second kappa shape index (κ2) is 17.2. The molecule has 0 aliphatic carbocycles. The van der Waals surface area contributed by atoms with Crippen LogP contribution in [0, 0.1) is 0 Å². The monoisotopic (exact) mass is 392 g/mol. The molecule has 0 saturated carbocycles. The van der Waals surface area contributed by atoms with Gasteiger partial charge in [-0.15, -0.1) is 0 Å². The summed E-state index contributed by atoms with van der Waals surface area (Å²) in [5.41, 5.74) is 0. The molecule has 0 heterocycles. The Hall–Kier alpha value is -0.190. The molecule has 0 aromatic carbocycles. The van der Waals surface area contributed by atoms with Crippen LogP contribution in [-0.2, 0) is 24.4 Å². The van der Waals surface area contributed by atoms with Gasteiger partial charge in [0.2, 0.25) is 0 Å². The Bertz CT molecular complexity index is 442. The largest absolute Gasteiger partial charge is 0.481 e. The second-order valence-electron chi connectivity index (χ2n) is 5.67. The molecular weight excluding hydrogens is 363 g/mol. The fourth-order valence-electron chi connectivity index (χ4n) is 1.81. The van der Waals surface area contributed by atoms with Crippen LogP contribution in [0.15, 0.2) is 0 Å². The van der Waals surface area contributed by atoms with Crippen molar-refractivity contribution in [1.82, 2.24) is 0 Å². The first-order chi connectivity index (χ1) is 11.7. The molecule has 0 radical (unpaired) electrons. The third-order valence-electron chi connectivity index (χ3n) is 3.28. The van der Waals surface area contributed by atoms with Crippen molar-refractivity contribution in [1.29, 1.82) is 0 Å². The molecule has 0 fully saturated rings. The molecule has 0 aliphatic rings. The Morgan fingerprint density at radius 2 is 1.52 bits per heavy atom. The second-order valence-corrected chi connectivity index (χ2v) is 8.27. The van der Waals surface area contributed by atoms with Crippen LogP contribution < -0.4 is 0 Å². The predicted octanol–water partition coefficient (Wildman–Crippen LogP) is 2.14. The Balaban J connectivity index is 0. The third-order valence-corrected chi connectivity index (χ3v) is 5.07. The molecule has 0 bridgehead atoms. The van der Waals surface area contributed by atoms with Crippen LogP contribution in [0.5, 0.6) is 0 Å². The molecule has 144 valence electrons. The van der Waals surface area contributed by atoms with Gasteiger partial charge in [-0.1, -0.05) is 0 Å². The van der Waals surface area contributed by atoms with Crippen molar-refractivity contribution < 1.29 is 37.5 Å². The van der Waals surface area contributed by atoms with E-state index in [4.69, 9.17) is 19.5 Å². The summed E-state index contributed by atoms with van der Waals surface area (Å²) in [5, 5.41) is 13.9. The van der Waals surface area contributed by atoms with Gasteiger partial charge in [0, 0.05) is 0 Å². The van der Waals surface area contributed by atoms with E-state index in [-0.39, 0.29) is 0 Å². The zero-order valence-electron chi connectivity index (χ0n) is 15.1. The molecule has 1 atom stereocenters. The summed E-state index contributed by atoms with van der Waals surface area (Å²) in [6, 6.07) is 0. The van der Waals surface area contributed by atoms with E-state index in [1.54, 1.807) is 0 Å². The molecule has 10 heteroatoms. The van der Waals surface area contributed by atoms with Gasteiger partial charge in [-0.2, -0.15) is 8.42 Å². The quantitative estimate of drug-likeness (QED) is 0.232. The number of hydrogen-bond donors (Lipinski definition) is 3. The van der Waals surface area contributed by atoms with E-state index in [9.17, 15) is 18.0 Å². The van der Waals surface area contributed by atoms with Gasteiger partial charge in [0.25, 0.3) is 10.1 Å². The van der Waals surface area contributed by atoms with Crippen LogP contribution in [0.3, 0.4) is 0 Å². The van der Waals surface area contributed by atoms with Crippen LogP contribution in [-0.4, -0.2) is 81.5 Å². The number of unbranched alkanes of at least 4 members (excludes halogenated alkanes) is 5. The maximum Gasteiger partial charge on any atom is 0.325 e. The average molecular weight is 392 g/mol. The maximum absolute atomic E-state index is 10.2. The SMILES string of the molecule is CCCCCCCCOCC[CH2][Na].O=C(O)CC(C(=O)O)S(=O)(=O)O. The van der Waals surface area contributed by atoms with Crippen molar-refractivity contribution in [2.24, 2.45) is 0 Å². The summed E-state index contributed by atoms with van der Waals surface area (Å²) >= 11 is 1.33. The summed E-state index contributed by atoms with van der Waals surface area (Å²) in [4.78, 5) is 20.0. The van der Waals surface area contributed by atoms with Crippen LogP contribution >= 0.6 is 0 Å². The average Bonchev–Trinajstić information content (AvgIpc) is 2.50. The van der Waals surface area contributed by atoms with Gasteiger partial charge in [-0.25, -0.2) is 0 Å². The summed E-state index contributed by atoms with van der Waals surface area (Å²) < 4.78 is 35.6. The summed E-state index contributed by atoms with van der Waals surface area (Å²) in [6.07, 6.45) is 8.31. The van der Waals surface area contributed by atoms with Crippen molar-refractivity contribution in [3.05, 3.63) is 0 Å². The predicted molar refractivity (Wildman–Crippen MR) is 94.6 cm³/mol. The number of ether oxygens (including phenoxy) is 1. The number of carboxylic acid groups (broad SMARTS) is 2. The van der Waals surface area contributed by atoms with Gasteiger partial charge in [0.05, 0.1) is 6.42 Å². The number of rotatable bonds is 14. The van der Waals surface area contributed by atoms with Crippen molar-refractivity contribution in [2.75, 3.05) is 13.2 Å². The topological polar surface area (TPSA) is 138 Å². The van der Waals surface area contributed by atoms with Crippen LogP contribution in [0.2, 0.25) is 3.67 Å². The molecular formula is C15H29NaO8S. The summed E-state index contributed by atoms with van der Waals surface area (Å²) in [5.74, 6) is -3.50. The molecule has 0 aromatic rings. The van der Waals surface area contributed by atoms with E-state index < -0.39 is 33.7 Å². The van der Waals surface area contributed by atoms with Gasteiger partial charge >= 0.3 is 113 Å². The summed E-state index contributed by atoms with van der Waals surface area (Å²) in [6.45, 7) is 4.25. The molecule has 1 unspecified atom stereocenters. The maximum atomic E-state index is 10.2. The Morgan fingerprint density at radius 1 is 1.00 bits per heavy atom. The van der Waals surface area contributed by atoms with Crippen molar-refractivity contribution in [3.63, 3.8) is 0 Å². The molecule has 0 saturated heterocycles. The first kappa shape index (κ1) is 27.0. The zero-order valence-corrected chi connectivity index (χ0v) is 18.0. The molecule has 3 N–H and O–H groups in total. The Labute approximate surface area is 167 Å². The van der Waals surface area contributed by atoms with Gasteiger partial charge in [-0.05, 0) is 0 Å². The van der Waals surface area contributed by atoms with Crippen molar-refractivity contribution in [3.8, 4) is 0 Å². The van der Waals surface area contributed by atoms with Gasteiger partial charge < -0.3 is 10.2 Å².